The molecule has 1 amide bonds. The summed E-state index contributed by atoms with van der Waals surface area (Å²) in [6.45, 7) is 16.6. The van der Waals surface area contributed by atoms with Gasteiger partial charge in [-0.15, -0.1) is 6.58 Å². The van der Waals surface area contributed by atoms with E-state index in [0.29, 0.717) is 18.2 Å². The quantitative estimate of drug-likeness (QED) is 0.694. The highest BCUT2D eigenvalue weighted by Crippen LogP contribution is 2.41. The van der Waals surface area contributed by atoms with Crippen molar-refractivity contribution in [2.45, 2.75) is 53.9 Å². The van der Waals surface area contributed by atoms with Crippen molar-refractivity contribution >= 4 is 5.91 Å². The van der Waals surface area contributed by atoms with E-state index >= 15 is 0 Å². The van der Waals surface area contributed by atoms with Crippen LogP contribution in [0.25, 0.3) is 0 Å². The van der Waals surface area contributed by atoms with Crippen molar-refractivity contribution in [3.8, 4) is 0 Å². The van der Waals surface area contributed by atoms with Gasteiger partial charge in [-0.05, 0) is 23.2 Å². The molecule has 0 aromatic rings. The van der Waals surface area contributed by atoms with Gasteiger partial charge in [0.05, 0.1) is 0 Å². The zero-order valence-corrected chi connectivity index (χ0v) is 12.8. The Labute approximate surface area is 112 Å². The number of hydrogen-bond acceptors (Lipinski definition) is 1. The molecule has 0 spiro atoms. The van der Waals surface area contributed by atoms with Gasteiger partial charge in [0, 0.05) is 19.5 Å². The summed E-state index contributed by atoms with van der Waals surface area (Å²) < 4.78 is 0. The Balaban J connectivity index is 2.72. The molecule has 0 aromatic carbocycles. The number of hydrogen-bond donors (Lipinski definition) is 0. The fraction of sp³-hybridized carbons (Fsp3) is 0.812. The van der Waals surface area contributed by atoms with Crippen LogP contribution in [-0.4, -0.2) is 23.9 Å². The van der Waals surface area contributed by atoms with Crippen molar-refractivity contribution < 1.29 is 4.79 Å². The van der Waals surface area contributed by atoms with Crippen LogP contribution in [0.4, 0.5) is 0 Å². The summed E-state index contributed by atoms with van der Waals surface area (Å²) in [5.41, 5.74) is 0.306. The maximum Gasteiger partial charge on any atom is 0.223 e. The fourth-order valence-corrected chi connectivity index (χ4v) is 3.05. The highest BCUT2D eigenvalue weighted by Gasteiger charge is 2.42. The van der Waals surface area contributed by atoms with Crippen LogP contribution in [0.15, 0.2) is 12.7 Å². The third-order valence-electron chi connectivity index (χ3n) is 4.12. The van der Waals surface area contributed by atoms with E-state index < -0.39 is 0 Å². The van der Waals surface area contributed by atoms with Crippen molar-refractivity contribution in [1.29, 1.82) is 0 Å². The van der Waals surface area contributed by atoms with Gasteiger partial charge in [0.25, 0.3) is 0 Å². The first-order valence-electron chi connectivity index (χ1n) is 7.10. The molecular weight excluding hydrogens is 222 g/mol. The van der Waals surface area contributed by atoms with Crippen molar-refractivity contribution in [2.75, 3.05) is 13.1 Å². The largest absolute Gasteiger partial charge is 0.342 e. The molecule has 0 aliphatic carbocycles. The van der Waals surface area contributed by atoms with Crippen molar-refractivity contribution in [3.63, 3.8) is 0 Å². The Kier molecular flexibility index (Phi) is 4.63. The molecular formula is C16H29NO. The third kappa shape index (κ3) is 3.60. The van der Waals surface area contributed by atoms with Gasteiger partial charge in [-0.3, -0.25) is 4.79 Å². The summed E-state index contributed by atoms with van der Waals surface area (Å²) in [7, 11) is 0. The summed E-state index contributed by atoms with van der Waals surface area (Å²) in [4.78, 5) is 14.4. The SMILES string of the molecule is C=CC[C@]1(C)CN(C(=O)CC(C)(C)C)C[C@@H]1CC. The van der Waals surface area contributed by atoms with Crippen LogP contribution in [-0.2, 0) is 4.79 Å². The minimum atomic E-state index is 0.0796. The average Bonchev–Trinajstić information content (AvgIpc) is 2.53. The molecule has 104 valence electrons. The summed E-state index contributed by atoms with van der Waals surface area (Å²) in [5.74, 6) is 0.924. The average molecular weight is 251 g/mol. The third-order valence-corrected chi connectivity index (χ3v) is 4.12. The fourth-order valence-electron chi connectivity index (χ4n) is 3.05. The van der Waals surface area contributed by atoms with E-state index in [1.54, 1.807) is 0 Å². The van der Waals surface area contributed by atoms with Gasteiger partial charge in [0.15, 0.2) is 0 Å². The standard InChI is InChI=1S/C16H29NO/c1-7-9-16(6)12-17(11-13(16)8-2)14(18)10-15(3,4)5/h7,13H,1,8-12H2,2-6H3/t13-,16+/m0/s1. The molecule has 0 unspecified atom stereocenters. The number of carbonyl (C=O) groups is 1. The van der Waals surface area contributed by atoms with E-state index in [2.05, 4.69) is 46.1 Å². The Morgan fingerprint density at radius 3 is 2.56 bits per heavy atom. The molecule has 1 rings (SSSR count). The van der Waals surface area contributed by atoms with E-state index in [0.717, 1.165) is 25.9 Å². The first kappa shape index (κ1) is 15.3. The molecule has 1 saturated heterocycles. The zero-order valence-electron chi connectivity index (χ0n) is 12.8. The van der Waals surface area contributed by atoms with E-state index in [-0.39, 0.29) is 10.8 Å². The summed E-state index contributed by atoms with van der Waals surface area (Å²) in [6, 6.07) is 0. The molecule has 18 heavy (non-hydrogen) atoms. The van der Waals surface area contributed by atoms with Gasteiger partial charge >= 0.3 is 0 Å². The lowest BCUT2D eigenvalue weighted by atomic mass is 9.76. The molecule has 0 radical (unpaired) electrons. The molecule has 0 N–H and O–H groups in total. The van der Waals surface area contributed by atoms with Crippen LogP contribution in [0.3, 0.4) is 0 Å². The second-order valence-electron chi connectivity index (χ2n) is 7.26. The van der Waals surface area contributed by atoms with Crippen LogP contribution >= 0.6 is 0 Å². The van der Waals surface area contributed by atoms with Gasteiger partial charge in [0.2, 0.25) is 5.91 Å². The first-order chi connectivity index (χ1) is 8.22. The van der Waals surface area contributed by atoms with Gasteiger partial charge in [0.1, 0.15) is 0 Å². The molecule has 2 atom stereocenters. The predicted molar refractivity (Wildman–Crippen MR) is 77.4 cm³/mol. The second-order valence-corrected chi connectivity index (χ2v) is 7.26. The molecule has 2 heteroatoms. The van der Waals surface area contributed by atoms with Crippen molar-refractivity contribution in [1.82, 2.24) is 4.90 Å². The normalized spacial score (nSPS) is 28.5. The van der Waals surface area contributed by atoms with E-state index in [1.165, 1.54) is 0 Å². The molecule has 1 fully saturated rings. The van der Waals surface area contributed by atoms with E-state index in [1.807, 2.05) is 6.08 Å². The van der Waals surface area contributed by atoms with E-state index in [9.17, 15) is 4.79 Å². The van der Waals surface area contributed by atoms with Crippen molar-refractivity contribution in [3.05, 3.63) is 12.7 Å². The van der Waals surface area contributed by atoms with Gasteiger partial charge in [-0.25, -0.2) is 0 Å². The number of nitrogens with zero attached hydrogens (tertiary/aromatic N) is 1. The Bertz CT molecular complexity index is 316. The maximum absolute atomic E-state index is 12.3. The van der Waals surface area contributed by atoms with Crippen LogP contribution in [0.1, 0.15) is 53.9 Å². The topological polar surface area (TPSA) is 20.3 Å². The lowest BCUT2D eigenvalue weighted by Crippen LogP contribution is -2.33. The summed E-state index contributed by atoms with van der Waals surface area (Å²) in [5, 5.41) is 0. The molecule has 1 heterocycles. The van der Waals surface area contributed by atoms with Crippen LogP contribution in [0.5, 0.6) is 0 Å². The number of allylic oxidation sites excluding steroid dienone is 1. The smallest absolute Gasteiger partial charge is 0.223 e. The van der Waals surface area contributed by atoms with Crippen LogP contribution in [0.2, 0.25) is 0 Å². The number of rotatable bonds is 4. The summed E-state index contributed by atoms with van der Waals surface area (Å²) >= 11 is 0. The zero-order chi connectivity index (χ0) is 14.0. The molecule has 0 aromatic heterocycles. The lowest BCUT2D eigenvalue weighted by molar-refractivity contribution is -0.132. The number of likely N-dealkylation sites (tertiary alicyclic amines) is 1. The first-order valence-corrected chi connectivity index (χ1v) is 7.10. The second kappa shape index (κ2) is 5.46. The highest BCUT2D eigenvalue weighted by molar-refractivity contribution is 5.77. The Morgan fingerprint density at radius 2 is 2.11 bits per heavy atom. The maximum atomic E-state index is 12.3. The molecule has 1 aliphatic rings. The molecule has 0 saturated carbocycles. The van der Waals surface area contributed by atoms with Crippen molar-refractivity contribution in [2.24, 2.45) is 16.7 Å². The minimum absolute atomic E-state index is 0.0796. The Morgan fingerprint density at radius 1 is 1.50 bits per heavy atom. The van der Waals surface area contributed by atoms with Gasteiger partial charge < -0.3 is 4.90 Å². The minimum Gasteiger partial charge on any atom is -0.342 e. The summed E-state index contributed by atoms with van der Waals surface area (Å²) in [6.07, 6.45) is 4.79. The monoisotopic (exact) mass is 251 g/mol. The van der Waals surface area contributed by atoms with Gasteiger partial charge in [-0.2, -0.15) is 0 Å². The number of carbonyl (C=O) groups excluding carboxylic acids is 1. The van der Waals surface area contributed by atoms with Crippen LogP contribution < -0.4 is 0 Å². The Hall–Kier alpha value is -0.790. The van der Waals surface area contributed by atoms with Gasteiger partial charge in [-0.1, -0.05) is 47.1 Å². The van der Waals surface area contributed by atoms with Crippen LogP contribution in [0, 0.1) is 16.7 Å². The number of amides is 1. The molecule has 2 nitrogen and oxygen atoms in total. The molecule has 0 bridgehead atoms. The highest BCUT2D eigenvalue weighted by atomic mass is 16.2. The lowest BCUT2D eigenvalue weighted by Gasteiger charge is -2.28. The molecule has 1 aliphatic heterocycles. The predicted octanol–water partition coefficient (Wildman–Crippen LogP) is 3.87. The van der Waals surface area contributed by atoms with E-state index in [4.69, 9.17) is 0 Å².